The largest absolute Gasteiger partial charge is 0.497 e. The minimum atomic E-state index is -0.302. The van der Waals surface area contributed by atoms with E-state index in [-0.39, 0.29) is 17.6 Å². The summed E-state index contributed by atoms with van der Waals surface area (Å²) in [6.07, 6.45) is 3.15. The van der Waals surface area contributed by atoms with Gasteiger partial charge in [-0.25, -0.2) is 9.97 Å². The van der Waals surface area contributed by atoms with Crippen LogP contribution in [0.3, 0.4) is 0 Å². The molecule has 0 aliphatic heterocycles. The average molecular weight is 376 g/mol. The number of carbonyl (C=O) groups is 1. The van der Waals surface area contributed by atoms with Crippen molar-refractivity contribution in [3.8, 4) is 5.75 Å². The van der Waals surface area contributed by atoms with E-state index in [2.05, 4.69) is 46.2 Å². The number of methoxy groups -OCH3 is 1. The van der Waals surface area contributed by atoms with Crippen LogP contribution in [0.4, 0.5) is 11.5 Å². The summed E-state index contributed by atoms with van der Waals surface area (Å²) >= 11 is 0. The number of nitrogens with zero attached hydrogens (tertiary/aromatic N) is 3. The Kier molecular flexibility index (Phi) is 6.22. The number of hydrogen-bond acceptors (Lipinski definition) is 5. The van der Waals surface area contributed by atoms with Gasteiger partial charge in [-0.15, -0.1) is 0 Å². The smallest absolute Gasteiger partial charge is 0.275 e. The predicted octanol–water partition coefficient (Wildman–Crippen LogP) is 4.15. The van der Waals surface area contributed by atoms with Crippen molar-refractivity contribution in [1.29, 1.82) is 0 Å². The second-order valence-corrected chi connectivity index (χ2v) is 6.65. The monoisotopic (exact) mass is 376 g/mol. The van der Waals surface area contributed by atoms with Crippen molar-refractivity contribution in [3.63, 3.8) is 0 Å². The number of amides is 1. The molecule has 144 valence electrons. The van der Waals surface area contributed by atoms with Crippen LogP contribution in [-0.2, 0) is 6.54 Å². The Bertz CT molecular complexity index is 894. The van der Waals surface area contributed by atoms with Crippen molar-refractivity contribution in [2.45, 2.75) is 26.4 Å². The molecule has 0 aliphatic rings. The molecule has 3 aromatic rings. The third-order valence-corrected chi connectivity index (χ3v) is 4.33. The van der Waals surface area contributed by atoms with Gasteiger partial charge in [0, 0.05) is 18.3 Å². The highest BCUT2D eigenvalue weighted by molar-refractivity contribution is 6.02. The maximum atomic E-state index is 12.4. The fourth-order valence-electron chi connectivity index (χ4n) is 2.76. The van der Waals surface area contributed by atoms with E-state index < -0.39 is 0 Å². The number of benzene rings is 2. The number of anilines is 2. The van der Waals surface area contributed by atoms with Gasteiger partial charge in [0.2, 0.25) is 0 Å². The third-order valence-electron chi connectivity index (χ3n) is 4.33. The lowest BCUT2D eigenvalue weighted by Crippen LogP contribution is -2.31. The van der Waals surface area contributed by atoms with Crippen LogP contribution in [0.15, 0.2) is 67.0 Å². The molecule has 0 spiro atoms. The van der Waals surface area contributed by atoms with E-state index in [9.17, 15) is 4.79 Å². The summed E-state index contributed by atoms with van der Waals surface area (Å²) in [7, 11) is 1.60. The molecule has 0 atom stereocenters. The summed E-state index contributed by atoms with van der Waals surface area (Å²) in [6, 6.07) is 17.6. The highest BCUT2D eigenvalue weighted by atomic mass is 16.5. The van der Waals surface area contributed by atoms with Gasteiger partial charge in [-0.2, -0.15) is 0 Å². The summed E-state index contributed by atoms with van der Waals surface area (Å²) in [5.74, 6) is 1.16. The Hall–Kier alpha value is -3.41. The lowest BCUT2D eigenvalue weighted by molar-refractivity contribution is 0.102. The summed E-state index contributed by atoms with van der Waals surface area (Å²) < 4.78 is 5.12. The van der Waals surface area contributed by atoms with E-state index in [1.54, 1.807) is 37.6 Å². The van der Waals surface area contributed by atoms with Crippen LogP contribution in [0.25, 0.3) is 0 Å². The molecular weight excluding hydrogens is 352 g/mol. The lowest BCUT2D eigenvalue weighted by atomic mass is 10.2. The Morgan fingerprint density at radius 3 is 2.32 bits per heavy atom. The number of aromatic nitrogens is 2. The zero-order valence-corrected chi connectivity index (χ0v) is 16.3. The van der Waals surface area contributed by atoms with Crippen LogP contribution < -0.4 is 15.0 Å². The summed E-state index contributed by atoms with van der Waals surface area (Å²) in [6.45, 7) is 4.94. The molecule has 3 rings (SSSR count). The fraction of sp³-hybridized carbons (Fsp3) is 0.227. The molecule has 0 bridgehead atoms. The molecule has 1 heterocycles. The second kappa shape index (κ2) is 8.99. The number of hydrogen-bond donors (Lipinski definition) is 1. The molecular formula is C22H24N4O2. The highest BCUT2D eigenvalue weighted by Gasteiger charge is 2.15. The van der Waals surface area contributed by atoms with Crippen molar-refractivity contribution < 1.29 is 9.53 Å². The minimum absolute atomic E-state index is 0.244. The molecule has 0 fully saturated rings. The van der Waals surface area contributed by atoms with Crippen molar-refractivity contribution in [2.75, 3.05) is 17.3 Å². The Balaban J connectivity index is 1.70. The lowest BCUT2D eigenvalue weighted by Gasteiger charge is -2.27. The molecule has 0 unspecified atom stereocenters. The average Bonchev–Trinajstić information content (AvgIpc) is 2.73. The van der Waals surface area contributed by atoms with Gasteiger partial charge in [0.1, 0.15) is 17.3 Å². The van der Waals surface area contributed by atoms with Gasteiger partial charge in [0.05, 0.1) is 19.5 Å². The summed E-state index contributed by atoms with van der Waals surface area (Å²) in [5.41, 5.74) is 2.13. The first-order chi connectivity index (χ1) is 13.6. The minimum Gasteiger partial charge on any atom is -0.497 e. The molecule has 0 radical (unpaired) electrons. The van der Waals surface area contributed by atoms with Crippen LogP contribution in [0.1, 0.15) is 29.9 Å². The normalized spacial score (nSPS) is 10.6. The zero-order chi connectivity index (χ0) is 19.9. The molecule has 0 saturated heterocycles. The number of rotatable bonds is 7. The predicted molar refractivity (Wildman–Crippen MR) is 111 cm³/mol. The molecule has 1 N–H and O–H groups in total. The SMILES string of the molecule is COc1ccc(NC(=O)c2cnc(N(Cc3ccccc3)C(C)C)cn2)cc1. The van der Waals surface area contributed by atoms with Crippen molar-refractivity contribution in [1.82, 2.24) is 9.97 Å². The quantitative estimate of drug-likeness (QED) is 0.671. The maximum Gasteiger partial charge on any atom is 0.275 e. The van der Waals surface area contributed by atoms with Crippen LogP contribution in [0.2, 0.25) is 0 Å². The van der Waals surface area contributed by atoms with Crippen molar-refractivity contribution >= 4 is 17.4 Å². The molecule has 6 nitrogen and oxygen atoms in total. The van der Waals surface area contributed by atoms with E-state index in [0.717, 1.165) is 18.1 Å². The first-order valence-electron chi connectivity index (χ1n) is 9.15. The van der Waals surface area contributed by atoms with Crippen LogP contribution in [0.5, 0.6) is 5.75 Å². The van der Waals surface area contributed by atoms with Gasteiger partial charge >= 0.3 is 0 Å². The highest BCUT2D eigenvalue weighted by Crippen LogP contribution is 2.18. The molecule has 1 aromatic heterocycles. The van der Waals surface area contributed by atoms with Crippen LogP contribution in [-0.4, -0.2) is 29.0 Å². The second-order valence-electron chi connectivity index (χ2n) is 6.65. The first kappa shape index (κ1) is 19.4. The Morgan fingerprint density at radius 2 is 1.75 bits per heavy atom. The van der Waals surface area contributed by atoms with Gasteiger partial charge < -0.3 is 15.0 Å². The standard InChI is InChI=1S/C22H24N4O2/c1-16(2)26(15-17-7-5-4-6-8-17)21-14-23-20(13-24-21)22(27)25-18-9-11-19(28-3)12-10-18/h4-14,16H,15H2,1-3H3,(H,25,27). The van der Waals surface area contributed by atoms with E-state index in [1.165, 1.54) is 11.8 Å². The van der Waals surface area contributed by atoms with E-state index in [0.29, 0.717) is 5.69 Å². The van der Waals surface area contributed by atoms with Crippen molar-refractivity contribution in [3.05, 3.63) is 78.2 Å². The van der Waals surface area contributed by atoms with Gasteiger partial charge in [-0.3, -0.25) is 4.79 Å². The fourth-order valence-corrected chi connectivity index (χ4v) is 2.76. The molecule has 2 aromatic carbocycles. The van der Waals surface area contributed by atoms with E-state index >= 15 is 0 Å². The summed E-state index contributed by atoms with van der Waals surface area (Å²) in [4.78, 5) is 23.3. The molecule has 0 saturated carbocycles. The van der Waals surface area contributed by atoms with Crippen LogP contribution >= 0.6 is 0 Å². The zero-order valence-electron chi connectivity index (χ0n) is 16.3. The van der Waals surface area contributed by atoms with Gasteiger partial charge in [0.25, 0.3) is 5.91 Å². The molecule has 6 heteroatoms. The molecule has 1 amide bonds. The van der Waals surface area contributed by atoms with Gasteiger partial charge in [0.15, 0.2) is 0 Å². The number of ether oxygens (including phenoxy) is 1. The Labute approximate surface area is 165 Å². The number of nitrogens with one attached hydrogen (secondary N) is 1. The summed E-state index contributed by atoms with van der Waals surface area (Å²) in [5, 5.41) is 2.81. The van der Waals surface area contributed by atoms with E-state index in [1.807, 2.05) is 18.2 Å². The van der Waals surface area contributed by atoms with Gasteiger partial charge in [-0.05, 0) is 43.7 Å². The number of carbonyl (C=O) groups excluding carboxylic acids is 1. The Morgan fingerprint density at radius 1 is 1.04 bits per heavy atom. The van der Waals surface area contributed by atoms with Crippen LogP contribution in [0, 0.1) is 0 Å². The third kappa shape index (κ3) is 4.85. The first-order valence-corrected chi connectivity index (χ1v) is 9.15. The maximum absolute atomic E-state index is 12.4. The topological polar surface area (TPSA) is 67.3 Å². The van der Waals surface area contributed by atoms with Crippen molar-refractivity contribution in [2.24, 2.45) is 0 Å². The van der Waals surface area contributed by atoms with Gasteiger partial charge in [-0.1, -0.05) is 30.3 Å². The molecule has 28 heavy (non-hydrogen) atoms. The van der Waals surface area contributed by atoms with E-state index in [4.69, 9.17) is 4.74 Å². The molecule has 0 aliphatic carbocycles.